The molecule has 88 valence electrons. The quantitative estimate of drug-likeness (QED) is 0.817. The smallest absolute Gasteiger partial charge is 0.233 e. The molecule has 0 radical (unpaired) electrons. The Hall–Kier alpha value is -2.17. The van der Waals surface area contributed by atoms with Gasteiger partial charge in [0.2, 0.25) is 5.88 Å². The molecular formula is C12H11FN2O2. The summed E-state index contributed by atoms with van der Waals surface area (Å²) in [5, 5.41) is 7.83. The Kier molecular flexibility index (Phi) is 3.18. The molecule has 0 aliphatic heterocycles. The number of halogens is 1. The third-order valence-electron chi connectivity index (χ3n) is 2.29. The summed E-state index contributed by atoms with van der Waals surface area (Å²) in [6, 6.07) is 7.68. The molecule has 0 atom stereocenters. The zero-order valence-electron chi connectivity index (χ0n) is 9.48. The van der Waals surface area contributed by atoms with Crippen molar-refractivity contribution in [3.05, 3.63) is 36.1 Å². The summed E-state index contributed by atoms with van der Waals surface area (Å²) in [4.78, 5) is 0. The molecule has 0 saturated carbocycles. The van der Waals surface area contributed by atoms with Crippen LogP contribution in [-0.4, -0.2) is 24.4 Å². The molecule has 1 aromatic carbocycles. The molecule has 5 heteroatoms. The van der Waals surface area contributed by atoms with Gasteiger partial charge in [-0.25, -0.2) is 4.39 Å². The second-order valence-corrected chi connectivity index (χ2v) is 3.31. The highest BCUT2D eigenvalue weighted by Gasteiger charge is 2.09. The molecule has 0 bridgehead atoms. The highest BCUT2D eigenvalue weighted by atomic mass is 19.1. The fourth-order valence-electron chi connectivity index (χ4n) is 1.45. The Balaban J connectivity index is 2.44. The van der Waals surface area contributed by atoms with Crippen molar-refractivity contribution in [2.75, 3.05) is 14.2 Å². The molecule has 0 unspecified atom stereocenters. The molecular weight excluding hydrogens is 223 g/mol. The molecule has 2 rings (SSSR count). The van der Waals surface area contributed by atoms with Crippen LogP contribution in [0.5, 0.6) is 11.6 Å². The number of aromatic nitrogens is 2. The van der Waals surface area contributed by atoms with Gasteiger partial charge in [0.25, 0.3) is 0 Å². The van der Waals surface area contributed by atoms with E-state index < -0.39 is 0 Å². The van der Waals surface area contributed by atoms with E-state index in [0.717, 1.165) is 0 Å². The van der Waals surface area contributed by atoms with Gasteiger partial charge >= 0.3 is 0 Å². The van der Waals surface area contributed by atoms with Crippen LogP contribution in [0.25, 0.3) is 11.3 Å². The minimum Gasteiger partial charge on any atom is -0.496 e. The van der Waals surface area contributed by atoms with Crippen LogP contribution in [0.15, 0.2) is 30.3 Å². The molecule has 4 nitrogen and oxygen atoms in total. The Labute approximate surface area is 98.0 Å². The van der Waals surface area contributed by atoms with Crippen molar-refractivity contribution in [2.24, 2.45) is 0 Å². The maximum atomic E-state index is 13.0. The zero-order valence-corrected chi connectivity index (χ0v) is 9.48. The summed E-state index contributed by atoms with van der Waals surface area (Å²) in [6.45, 7) is 0. The van der Waals surface area contributed by atoms with Crippen molar-refractivity contribution < 1.29 is 13.9 Å². The standard InChI is InChI=1S/C12H11FN2O2/c1-16-11-7-8(13)3-4-9(11)10-5-6-12(17-2)15-14-10/h3-7H,1-2H3. The first-order valence-corrected chi connectivity index (χ1v) is 4.96. The molecule has 1 aromatic heterocycles. The van der Waals surface area contributed by atoms with Crippen molar-refractivity contribution in [3.8, 4) is 22.9 Å². The van der Waals surface area contributed by atoms with Gasteiger partial charge < -0.3 is 9.47 Å². The second-order valence-electron chi connectivity index (χ2n) is 3.31. The molecule has 0 N–H and O–H groups in total. The number of hydrogen-bond acceptors (Lipinski definition) is 4. The van der Waals surface area contributed by atoms with Crippen LogP contribution in [0.1, 0.15) is 0 Å². The second kappa shape index (κ2) is 4.78. The van der Waals surface area contributed by atoms with Crippen molar-refractivity contribution in [1.29, 1.82) is 0 Å². The van der Waals surface area contributed by atoms with E-state index in [0.29, 0.717) is 22.9 Å². The fraction of sp³-hybridized carbons (Fsp3) is 0.167. The zero-order chi connectivity index (χ0) is 12.3. The summed E-state index contributed by atoms with van der Waals surface area (Å²) in [5.74, 6) is 0.492. The van der Waals surface area contributed by atoms with Crippen molar-refractivity contribution in [2.45, 2.75) is 0 Å². The summed E-state index contributed by atoms with van der Waals surface area (Å²) < 4.78 is 23.0. The van der Waals surface area contributed by atoms with Crippen LogP contribution < -0.4 is 9.47 Å². The van der Waals surface area contributed by atoms with Gasteiger partial charge in [0.05, 0.1) is 19.9 Å². The minimum absolute atomic E-state index is 0.355. The molecule has 0 saturated heterocycles. The highest BCUT2D eigenvalue weighted by Crippen LogP contribution is 2.29. The SMILES string of the molecule is COc1ccc(-c2ccc(F)cc2OC)nn1. The summed E-state index contributed by atoms with van der Waals surface area (Å²) in [7, 11) is 3.00. The third kappa shape index (κ3) is 2.33. The number of hydrogen-bond donors (Lipinski definition) is 0. The van der Waals surface area contributed by atoms with Crippen LogP contribution in [0.3, 0.4) is 0 Å². The maximum Gasteiger partial charge on any atom is 0.233 e. The number of rotatable bonds is 3. The molecule has 2 aromatic rings. The Bertz CT molecular complexity index is 514. The van der Waals surface area contributed by atoms with E-state index in [4.69, 9.17) is 9.47 Å². The van der Waals surface area contributed by atoms with Gasteiger partial charge in [0.15, 0.2) is 0 Å². The van der Waals surface area contributed by atoms with E-state index in [1.54, 1.807) is 18.2 Å². The average Bonchev–Trinajstić information content (AvgIpc) is 2.39. The maximum absolute atomic E-state index is 13.0. The Morgan fingerprint density at radius 2 is 1.82 bits per heavy atom. The largest absolute Gasteiger partial charge is 0.496 e. The predicted molar refractivity (Wildman–Crippen MR) is 60.5 cm³/mol. The summed E-state index contributed by atoms with van der Waals surface area (Å²) in [5.41, 5.74) is 1.28. The minimum atomic E-state index is -0.355. The van der Waals surface area contributed by atoms with Crippen LogP contribution in [-0.2, 0) is 0 Å². The lowest BCUT2D eigenvalue weighted by Crippen LogP contribution is -1.94. The molecule has 0 aliphatic carbocycles. The summed E-state index contributed by atoms with van der Waals surface area (Å²) >= 11 is 0. The number of nitrogens with zero attached hydrogens (tertiary/aromatic N) is 2. The molecule has 0 fully saturated rings. The van der Waals surface area contributed by atoms with E-state index in [1.165, 1.54) is 26.4 Å². The van der Waals surface area contributed by atoms with Gasteiger partial charge in [-0.3, -0.25) is 0 Å². The fourth-order valence-corrected chi connectivity index (χ4v) is 1.45. The first-order chi connectivity index (χ1) is 8.24. The number of ether oxygens (including phenoxy) is 2. The molecule has 17 heavy (non-hydrogen) atoms. The number of methoxy groups -OCH3 is 2. The van der Waals surface area contributed by atoms with E-state index in [9.17, 15) is 4.39 Å². The normalized spacial score (nSPS) is 10.1. The van der Waals surface area contributed by atoms with Crippen LogP contribution in [0, 0.1) is 5.82 Å². The van der Waals surface area contributed by atoms with Gasteiger partial charge in [0.1, 0.15) is 11.6 Å². The van der Waals surface area contributed by atoms with E-state index in [-0.39, 0.29) is 5.82 Å². The van der Waals surface area contributed by atoms with Crippen molar-refractivity contribution in [3.63, 3.8) is 0 Å². The lowest BCUT2D eigenvalue weighted by atomic mass is 10.1. The van der Waals surface area contributed by atoms with Crippen LogP contribution in [0.4, 0.5) is 4.39 Å². The monoisotopic (exact) mass is 234 g/mol. The Morgan fingerprint density at radius 1 is 1.00 bits per heavy atom. The van der Waals surface area contributed by atoms with Crippen LogP contribution >= 0.6 is 0 Å². The summed E-state index contributed by atoms with van der Waals surface area (Å²) in [6.07, 6.45) is 0. The first-order valence-electron chi connectivity index (χ1n) is 4.96. The molecule has 0 amide bonds. The average molecular weight is 234 g/mol. The number of benzene rings is 1. The lowest BCUT2D eigenvalue weighted by molar-refractivity contribution is 0.392. The Morgan fingerprint density at radius 3 is 2.41 bits per heavy atom. The third-order valence-corrected chi connectivity index (χ3v) is 2.29. The topological polar surface area (TPSA) is 44.2 Å². The first kappa shape index (κ1) is 11.3. The van der Waals surface area contributed by atoms with E-state index in [2.05, 4.69) is 10.2 Å². The molecule has 1 heterocycles. The van der Waals surface area contributed by atoms with Gasteiger partial charge in [0, 0.05) is 17.7 Å². The lowest BCUT2D eigenvalue weighted by Gasteiger charge is -2.07. The van der Waals surface area contributed by atoms with Crippen molar-refractivity contribution in [1.82, 2.24) is 10.2 Å². The van der Waals surface area contributed by atoms with Gasteiger partial charge in [-0.05, 0) is 18.2 Å². The van der Waals surface area contributed by atoms with Gasteiger partial charge in [-0.1, -0.05) is 0 Å². The molecule has 0 spiro atoms. The molecule has 0 aliphatic rings. The van der Waals surface area contributed by atoms with Gasteiger partial charge in [-0.2, -0.15) is 0 Å². The van der Waals surface area contributed by atoms with Gasteiger partial charge in [-0.15, -0.1) is 10.2 Å². The van der Waals surface area contributed by atoms with Crippen LogP contribution in [0.2, 0.25) is 0 Å². The predicted octanol–water partition coefficient (Wildman–Crippen LogP) is 2.30. The highest BCUT2D eigenvalue weighted by molar-refractivity contribution is 5.66. The van der Waals surface area contributed by atoms with Crippen molar-refractivity contribution >= 4 is 0 Å². The van der Waals surface area contributed by atoms with E-state index in [1.807, 2.05) is 0 Å². The van der Waals surface area contributed by atoms with E-state index >= 15 is 0 Å².